The molecule has 1 atom stereocenters. The predicted molar refractivity (Wildman–Crippen MR) is 98.6 cm³/mol. The summed E-state index contributed by atoms with van der Waals surface area (Å²) in [5, 5.41) is 2.99. The fraction of sp³-hybridized carbons (Fsp3) is 0.350. The largest absolute Gasteiger partial charge is 0.493 e. The molecule has 0 saturated carbocycles. The summed E-state index contributed by atoms with van der Waals surface area (Å²) in [7, 11) is 3.21. The Labute approximate surface area is 149 Å². The van der Waals surface area contributed by atoms with Crippen LogP contribution in [0.15, 0.2) is 42.5 Å². The summed E-state index contributed by atoms with van der Waals surface area (Å²) in [5.41, 5.74) is 8.79. The highest BCUT2D eigenvalue weighted by Gasteiger charge is 2.15. The van der Waals surface area contributed by atoms with Crippen LogP contribution in [0.4, 0.5) is 0 Å². The minimum atomic E-state index is -0.143. The van der Waals surface area contributed by atoms with Crippen molar-refractivity contribution in [3.05, 3.63) is 59.2 Å². The van der Waals surface area contributed by atoms with Gasteiger partial charge in [-0.2, -0.15) is 0 Å². The van der Waals surface area contributed by atoms with E-state index in [1.54, 1.807) is 14.2 Å². The second-order valence-corrected chi connectivity index (χ2v) is 6.04. The molecule has 0 spiro atoms. The van der Waals surface area contributed by atoms with E-state index in [1.165, 1.54) is 0 Å². The third kappa shape index (κ3) is 5.22. The molecule has 5 heteroatoms. The Bertz CT molecular complexity index is 716. The van der Waals surface area contributed by atoms with Crippen LogP contribution in [0.3, 0.4) is 0 Å². The standard InChI is InChI=1S/C20H26N2O3/c1-14(9-15-7-8-18(24-2)19(11-15)25-3)20(23)22-13-17-6-4-5-16(10-17)12-21/h4-8,10-11,14H,9,12-13,21H2,1-3H3,(H,22,23). The summed E-state index contributed by atoms with van der Waals surface area (Å²) in [4.78, 5) is 12.4. The number of rotatable bonds is 8. The Kier molecular flexibility index (Phi) is 6.83. The molecule has 5 nitrogen and oxygen atoms in total. The van der Waals surface area contributed by atoms with Gasteiger partial charge in [-0.15, -0.1) is 0 Å². The minimum Gasteiger partial charge on any atom is -0.493 e. The first kappa shape index (κ1) is 18.8. The molecule has 0 saturated heterocycles. The van der Waals surface area contributed by atoms with Crippen molar-refractivity contribution in [2.75, 3.05) is 14.2 Å². The van der Waals surface area contributed by atoms with Crippen molar-refractivity contribution >= 4 is 5.91 Å². The number of hydrogen-bond donors (Lipinski definition) is 2. The van der Waals surface area contributed by atoms with Gasteiger partial charge in [0, 0.05) is 19.0 Å². The van der Waals surface area contributed by atoms with E-state index < -0.39 is 0 Å². The van der Waals surface area contributed by atoms with Crippen molar-refractivity contribution in [2.24, 2.45) is 11.7 Å². The van der Waals surface area contributed by atoms with Crippen molar-refractivity contribution in [1.82, 2.24) is 5.32 Å². The Morgan fingerprint density at radius 1 is 1.04 bits per heavy atom. The zero-order chi connectivity index (χ0) is 18.2. The molecule has 0 aliphatic carbocycles. The quantitative estimate of drug-likeness (QED) is 0.773. The van der Waals surface area contributed by atoms with Crippen molar-refractivity contribution in [1.29, 1.82) is 0 Å². The molecule has 0 bridgehead atoms. The first-order valence-electron chi connectivity index (χ1n) is 8.34. The molecule has 2 aromatic carbocycles. The fourth-order valence-corrected chi connectivity index (χ4v) is 2.68. The van der Waals surface area contributed by atoms with E-state index in [0.29, 0.717) is 31.0 Å². The molecule has 0 aliphatic rings. The molecule has 0 aliphatic heterocycles. The van der Waals surface area contributed by atoms with Crippen LogP contribution in [0.25, 0.3) is 0 Å². The Balaban J connectivity index is 1.93. The molecule has 3 N–H and O–H groups in total. The molecule has 0 radical (unpaired) electrons. The summed E-state index contributed by atoms with van der Waals surface area (Å²) in [6, 6.07) is 13.7. The van der Waals surface area contributed by atoms with Crippen LogP contribution in [0.5, 0.6) is 11.5 Å². The summed E-state index contributed by atoms with van der Waals surface area (Å²) in [6.07, 6.45) is 0.634. The SMILES string of the molecule is COc1ccc(CC(C)C(=O)NCc2cccc(CN)c2)cc1OC. The van der Waals surface area contributed by atoms with Gasteiger partial charge in [-0.1, -0.05) is 37.3 Å². The molecule has 134 valence electrons. The topological polar surface area (TPSA) is 73.6 Å². The van der Waals surface area contributed by atoms with Gasteiger partial charge in [0.25, 0.3) is 0 Å². The highest BCUT2D eigenvalue weighted by Crippen LogP contribution is 2.28. The van der Waals surface area contributed by atoms with Gasteiger partial charge >= 0.3 is 0 Å². The second kappa shape index (κ2) is 9.08. The smallest absolute Gasteiger partial charge is 0.223 e. The van der Waals surface area contributed by atoms with Crippen LogP contribution in [0.2, 0.25) is 0 Å². The molecule has 2 aromatic rings. The maximum absolute atomic E-state index is 12.4. The van der Waals surface area contributed by atoms with Gasteiger partial charge < -0.3 is 20.5 Å². The van der Waals surface area contributed by atoms with E-state index in [0.717, 1.165) is 16.7 Å². The zero-order valence-corrected chi connectivity index (χ0v) is 15.0. The number of nitrogens with one attached hydrogen (secondary N) is 1. The van der Waals surface area contributed by atoms with Crippen LogP contribution in [-0.2, 0) is 24.3 Å². The average molecular weight is 342 g/mol. The lowest BCUT2D eigenvalue weighted by Gasteiger charge is -2.14. The molecule has 0 heterocycles. The number of carbonyl (C=O) groups is 1. The number of methoxy groups -OCH3 is 2. The summed E-state index contributed by atoms with van der Waals surface area (Å²) >= 11 is 0. The van der Waals surface area contributed by atoms with E-state index in [-0.39, 0.29) is 11.8 Å². The third-order valence-corrected chi connectivity index (χ3v) is 4.13. The lowest BCUT2D eigenvalue weighted by atomic mass is 9.99. The van der Waals surface area contributed by atoms with E-state index in [9.17, 15) is 4.79 Å². The molecule has 1 amide bonds. The highest BCUT2D eigenvalue weighted by atomic mass is 16.5. The van der Waals surface area contributed by atoms with Crippen molar-refractivity contribution < 1.29 is 14.3 Å². The molecule has 0 fully saturated rings. The predicted octanol–water partition coefficient (Wildman–Crippen LogP) is 2.66. The normalized spacial score (nSPS) is 11.7. The van der Waals surface area contributed by atoms with Crippen molar-refractivity contribution in [2.45, 2.75) is 26.4 Å². The van der Waals surface area contributed by atoms with Gasteiger partial charge in [0.05, 0.1) is 14.2 Å². The molecule has 25 heavy (non-hydrogen) atoms. The van der Waals surface area contributed by atoms with Crippen LogP contribution >= 0.6 is 0 Å². The van der Waals surface area contributed by atoms with Crippen LogP contribution in [-0.4, -0.2) is 20.1 Å². The third-order valence-electron chi connectivity index (χ3n) is 4.13. The van der Waals surface area contributed by atoms with E-state index >= 15 is 0 Å². The fourth-order valence-electron chi connectivity index (χ4n) is 2.68. The van der Waals surface area contributed by atoms with Crippen LogP contribution in [0.1, 0.15) is 23.6 Å². The maximum atomic E-state index is 12.4. The molecule has 1 unspecified atom stereocenters. The average Bonchev–Trinajstić information content (AvgIpc) is 2.65. The van der Waals surface area contributed by atoms with Crippen LogP contribution in [0, 0.1) is 5.92 Å². The van der Waals surface area contributed by atoms with Gasteiger partial charge in [0.2, 0.25) is 5.91 Å². The first-order valence-corrected chi connectivity index (χ1v) is 8.34. The first-order chi connectivity index (χ1) is 12.1. The van der Waals surface area contributed by atoms with E-state index in [2.05, 4.69) is 5.32 Å². The molecular formula is C20H26N2O3. The summed E-state index contributed by atoms with van der Waals surface area (Å²) < 4.78 is 10.5. The number of ether oxygens (including phenoxy) is 2. The molecule has 0 aromatic heterocycles. The highest BCUT2D eigenvalue weighted by molar-refractivity contribution is 5.78. The van der Waals surface area contributed by atoms with Crippen LogP contribution < -0.4 is 20.5 Å². The number of carbonyl (C=O) groups excluding carboxylic acids is 1. The van der Waals surface area contributed by atoms with Crippen molar-refractivity contribution in [3.63, 3.8) is 0 Å². The maximum Gasteiger partial charge on any atom is 0.223 e. The Morgan fingerprint density at radius 3 is 2.44 bits per heavy atom. The van der Waals surface area contributed by atoms with E-state index in [1.807, 2.05) is 49.4 Å². The number of amides is 1. The molecule has 2 rings (SSSR count). The monoisotopic (exact) mass is 342 g/mol. The van der Waals surface area contributed by atoms with Crippen molar-refractivity contribution in [3.8, 4) is 11.5 Å². The zero-order valence-electron chi connectivity index (χ0n) is 15.0. The minimum absolute atomic E-state index is 0.0212. The van der Waals surface area contributed by atoms with Gasteiger partial charge in [0.1, 0.15) is 0 Å². The Hall–Kier alpha value is -2.53. The van der Waals surface area contributed by atoms with Gasteiger partial charge in [-0.25, -0.2) is 0 Å². The lowest BCUT2D eigenvalue weighted by molar-refractivity contribution is -0.124. The van der Waals surface area contributed by atoms with Gasteiger partial charge in [-0.05, 0) is 35.2 Å². The van der Waals surface area contributed by atoms with E-state index in [4.69, 9.17) is 15.2 Å². The summed E-state index contributed by atoms with van der Waals surface area (Å²) in [6.45, 7) is 2.92. The number of hydrogen-bond acceptors (Lipinski definition) is 4. The number of benzene rings is 2. The lowest BCUT2D eigenvalue weighted by Crippen LogP contribution is -2.29. The van der Waals surface area contributed by atoms with Gasteiger partial charge in [-0.3, -0.25) is 4.79 Å². The number of nitrogens with two attached hydrogens (primary N) is 1. The Morgan fingerprint density at radius 2 is 1.76 bits per heavy atom. The molecular weight excluding hydrogens is 316 g/mol. The summed E-state index contributed by atoms with van der Waals surface area (Å²) in [5.74, 6) is 1.23. The second-order valence-electron chi connectivity index (χ2n) is 6.04. The van der Waals surface area contributed by atoms with Gasteiger partial charge in [0.15, 0.2) is 11.5 Å².